The maximum absolute atomic E-state index is 12.9. The Labute approximate surface area is 225 Å². The molecular formula is C25H24BrN3O7S. The number of carbonyl (C=O) groups is 3. The Morgan fingerprint density at radius 1 is 1.16 bits per heavy atom. The number of rotatable bonds is 9. The molecule has 2 aromatic rings. The van der Waals surface area contributed by atoms with Crippen LogP contribution in [0.5, 0.6) is 11.5 Å². The van der Waals surface area contributed by atoms with Gasteiger partial charge in [0.05, 0.1) is 16.4 Å². The van der Waals surface area contributed by atoms with Gasteiger partial charge in [0.15, 0.2) is 11.5 Å². The molecule has 0 unspecified atom stereocenters. The molecule has 194 valence electrons. The zero-order valence-electron chi connectivity index (χ0n) is 20.0. The SMILES string of the molecule is CCOc1cc(/C=C2/SC(=O)N(CC(=O)N3CCCC3)C2=O)c(Br)cc1OCc1cccc([N+](=O)[O-])c1. The number of amides is 3. The van der Waals surface area contributed by atoms with Crippen LogP contribution in [0.15, 0.2) is 45.8 Å². The van der Waals surface area contributed by atoms with E-state index >= 15 is 0 Å². The average Bonchev–Trinajstić information content (AvgIpc) is 3.50. The smallest absolute Gasteiger partial charge is 0.294 e. The second-order valence-corrected chi connectivity index (χ2v) is 10.2. The second-order valence-electron chi connectivity index (χ2n) is 8.32. The summed E-state index contributed by atoms with van der Waals surface area (Å²) in [6.45, 7) is 3.27. The summed E-state index contributed by atoms with van der Waals surface area (Å²) in [5.41, 5.74) is 1.18. The second kappa shape index (κ2) is 11.8. The van der Waals surface area contributed by atoms with Gasteiger partial charge in [-0.1, -0.05) is 28.1 Å². The van der Waals surface area contributed by atoms with E-state index in [1.165, 1.54) is 12.1 Å². The molecule has 0 aliphatic carbocycles. The number of ether oxygens (including phenoxy) is 2. The molecule has 0 radical (unpaired) electrons. The number of carbonyl (C=O) groups excluding carboxylic acids is 3. The van der Waals surface area contributed by atoms with Crippen LogP contribution in [0.3, 0.4) is 0 Å². The molecule has 12 heteroatoms. The number of nitro groups is 1. The first-order valence-corrected chi connectivity index (χ1v) is 13.2. The predicted molar refractivity (Wildman–Crippen MR) is 141 cm³/mol. The van der Waals surface area contributed by atoms with Crippen molar-refractivity contribution in [1.82, 2.24) is 9.80 Å². The Bertz CT molecular complexity index is 1280. The van der Waals surface area contributed by atoms with Crippen LogP contribution in [0, 0.1) is 10.1 Å². The van der Waals surface area contributed by atoms with Gasteiger partial charge in [0.2, 0.25) is 5.91 Å². The minimum absolute atomic E-state index is 0.0289. The van der Waals surface area contributed by atoms with Crippen LogP contribution in [0.1, 0.15) is 30.9 Å². The van der Waals surface area contributed by atoms with Crippen molar-refractivity contribution >= 4 is 56.5 Å². The van der Waals surface area contributed by atoms with Gasteiger partial charge in [0, 0.05) is 29.7 Å². The van der Waals surface area contributed by atoms with E-state index < -0.39 is 16.1 Å². The van der Waals surface area contributed by atoms with Crippen LogP contribution in [-0.4, -0.2) is 58.0 Å². The van der Waals surface area contributed by atoms with E-state index in [0.717, 1.165) is 29.5 Å². The predicted octanol–water partition coefficient (Wildman–Crippen LogP) is 4.99. The lowest BCUT2D eigenvalue weighted by molar-refractivity contribution is -0.384. The van der Waals surface area contributed by atoms with Crippen molar-refractivity contribution in [3.8, 4) is 11.5 Å². The Hall–Kier alpha value is -3.38. The van der Waals surface area contributed by atoms with Crippen molar-refractivity contribution in [1.29, 1.82) is 0 Å². The zero-order chi connectivity index (χ0) is 26.5. The fourth-order valence-corrected chi connectivity index (χ4v) is 5.21. The van der Waals surface area contributed by atoms with Crippen LogP contribution in [0.2, 0.25) is 0 Å². The van der Waals surface area contributed by atoms with E-state index in [1.807, 2.05) is 6.92 Å². The Balaban J connectivity index is 1.52. The lowest BCUT2D eigenvalue weighted by atomic mass is 10.1. The number of hydrogen-bond acceptors (Lipinski definition) is 8. The van der Waals surface area contributed by atoms with Crippen molar-refractivity contribution in [3.05, 3.63) is 67.0 Å². The number of non-ortho nitro benzene ring substituents is 1. The van der Waals surface area contributed by atoms with Gasteiger partial charge >= 0.3 is 0 Å². The molecule has 3 amide bonds. The van der Waals surface area contributed by atoms with Gasteiger partial charge in [0.1, 0.15) is 13.2 Å². The molecule has 2 aromatic carbocycles. The van der Waals surface area contributed by atoms with E-state index in [9.17, 15) is 24.5 Å². The van der Waals surface area contributed by atoms with Crippen molar-refractivity contribution in [2.24, 2.45) is 0 Å². The molecule has 2 heterocycles. The van der Waals surface area contributed by atoms with Crippen molar-refractivity contribution in [2.75, 3.05) is 26.2 Å². The fraction of sp³-hybridized carbons (Fsp3) is 0.320. The molecule has 0 atom stereocenters. The third-order valence-corrected chi connectivity index (χ3v) is 7.39. The summed E-state index contributed by atoms with van der Waals surface area (Å²) in [7, 11) is 0. The Morgan fingerprint density at radius 3 is 2.59 bits per heavy atom. The molecule has 0 spiro atoms. The number of thioether (sulfide) groups is 1. The first kappa shape index (κ1) is 26.7. The zero-order valence-corrected chi connectivity index (χ0v) is 22.4. The number of nitro benzene ring substituents is 1. The summed E-state index contributed by atoms with van der Waals surface area (Å²) in [6.07, 6.45) is 3.42. The molecule has 2 aliphatic heterocycles. The number of halogens is 1. The van der Waals surface area contributed by atoms with Crippen molar-refractivity contribution in [2.45, 2.75) is 26.4 Å². The van der Waals surface area contributed by atoms with Crippen LogP contribution >= 0.6 is 27.7 Å². The number of nitrogens with zero attached hydrogens (tertiary/aromatic N) is 3. The summed E-state index contributed by atoms with van der Waals surface area (Å²) >= 11 is 4.27. The topological polar surface area (TPSA) is 119 Å². The van der Waals surface area contributed by atoms with Crippen LogP contribution < -0.4 is 9.47 Å². The number of likely N-dealkylation sites (tertiary alicyclic amines) is 1. The molecule has 0 N–H and O–H groups in total. The number of hydrogen-bond donors (Lipinski definition) is 0. The third kappa shape index (κ3) is 6.31. The summed E-state index contributed by atoms with van der Waals surface area (Å²) < 4.78 is 12.2. The molecule has 0 aromatic heterocycles. The lowest BCUT2D eigenvalue weighted by Gasteiger charge is -2.18. The monoisotopic (exact) mass is 589 g/mol. The molecule has 2 saturated heterocycles. The molecule has 0 saturated carbocycles. The van der Waals surface area contributed by atoms with Gasteiger partial charge in [-0.2, -0.15) is 0 Å². The van der Waals surface area contributed by atoms with Gasteiger partial charge < -0.3 is 14.4 Å². The Morgan fingerprint density at radius 2 is 1.89 bits per heavy atom. The maximum Gasteiger partial charge on any atom is 0.294 e. The fourth-order valence-electron chi connectivity index (χ4n) is 3.94. The highest BCUT2D eigenvalue weighted by molar-refractivity contribution is 9.10. The lowest BCUT2D eigenvalue weighted by Crippen LogP contribution is -2.40. The van der Waals surface area contributed by atoms with Gasteiger partial charge in [-0.05, 0) is 60.9 Å². The maximum atomic E-state index is 12.9. The van der Waals surface area contributed by atoms with E-state index in [4.69, 9.17) is 9.47 Å². The molecule has 37 heavy (non-hydrogen) atoms. The van der Waals surface area contributed by atoms with Crippen molar-refractivity contribution in [3.63, 3.8) is 0 Å². The van der Waals surface area contributed by atoms with E-state index in [0.29, 0.717) is 46.8 Å². The van der Waals surface area contributed by atoms with Gasteiger partial charge in [-0.25, -0.2) is 0 Å². The standard InChI is InChI=1S/C25H24BrN3O7S/c1-2-35-20-11-17(19(26)13-21(20)36-15-16-6-5-7-18(10-16)29(33)34)12-22-24(31)28(25(32)37-22)14-23(30)27-8-3-4-9-27/h5-7,10-13H,2-4,8-9,14-15H2,1H3/b22-12+. The van der Waals surface area contributed by atoms with Crippen LogP contribution in [0.25, 0.3) is 6.08 Å². The summed E-state index contributed by atoms with van der Waals surface area (Å²) in [5, 5.41) is 10.5. The first-order valence-electron chi connectivity index (χ1n) is 11.6. The molecule has 4 rings (SSSR count). The van der Waals surface area contributed by atoms with Crippen LogP contribution in [0.4, 0.5) is 10.5 Å². The molecule has 0 bridgehead atoms. The van der Waals surface area contributed by atoms with E-state index in [2.05, 4.69) is 15.9 Å². The van der Waals surface area contributed by atoms with Gasteiger partial charge in [-0.15, -0.1) is 0 Å². The van der Waals surface area contributed by atoms with Gasteiger partial charge in [0.25, 0.3) is 16.8 Å². The molecule has 2 aliphatic rings. The third-order valence-electron chi connectivity index (χ3n) is 5.79. The summed E-state index contributed by atoms with van der Waals surface area (Å²) in [5.74, 6) is 0.0667. The van der Waals surface area contributed by atoms with E-state index in [1.54, 1.807) is 35.2 Å². The quantitative estimate of drug-likeness (QED) is 0.228. The normalized spacial score (nSPS) is 16.5. The summed E-state index contributed by atoms with van der Waals surface area (Å²) in [4.78, 5) is 51.3. The minimum atomic E-state index is -0.515. The van der Waals surface area contributed by atoms with Crippen LogP contribution in [-0.2, 0) is 16.2 Å². The van der Waals surface area contributed by atoms with E-state index in [-0.39, 0.29) is 29.7 Å². The minimum Gasteiger partial charge on any atom is -0.490 e. The first-order chi connectivity index (χ1) is 17.8. The molecule has 10 nitrogen and oxygen atoms in total. The van der Waals surface area contributed by atoms with Crippen molar-refractivity contribution < 1.29 is 28.8 Å². The highest BCUT2D eigenvalue weighted by Crippen LogP contribution is 2.38. The highest BCUT2D eigenvalue weighted by atomic mass is 79.9. The van der Waals surface area contributed by atoms with Gasteiger partial charge in [-0.3, -0.25) is 29.4 Å². The average molecular weight is 590 g/mol. The molecular weight excluding hydrogens is 566 g/mol. The molecule has 2 fully saturated rings. The number of benzene rings is 2. The number of imide groups is 1. The highest BCUT2D eigenvalue weighted by Gasteiger charge is 2.37. The Kier molecular flexibility index (Phi) is 8.49. The largest absolute Gasteiger partial charge is 0.490 e. The summed E-state index contributed by atoms with van der Waals surface area (Å²) in [6, 6.07) is 9.51.